The van der Waals surface area contributed by atoms with Crippen molar-refractivity contribution in [1.82, 2.24) is 0 Å². The number of hydrogen-bond donors (Lipinski definition) is 2. The van der Waals surface area contributed by atoms with Gasteiger partial charge >= 0.3 is 0 Å². The smallest absolute Gasteiger partial charge is 0.121 e. The third-order valence-electron chi connectivity index (χ3n) is 3.55. The average Bonchev–Trinajstić information content (AvgIpc) is 2.43. The fourth-order valence-electron chi connectivity index (χ4n) is 2.29. The number of benzene rings is 2. The van der Waals surface area contributed by atoms with E-state index in [-0.39, 0.29) is 0 Å². The van der Waals surface area contributed by atoms with Crippen LogP contribution in [0.2, 0.25) is 0 Å². The van der Waals surface area contributed by atoms with Crippen LogP contribution in [0.5, 0.6) is 5.75 Å². The summed E-state index contributed by atoms with van der Waals surface area (Å²) >= 11 is 0. The lowest BCUT2D eigenvalue weighted by molar-refractivity contribution is 0.220. The molecule has 0 aliphatic rings. The molecule has 2 rings (SSSR count). The summed E-state index contributed by atoms with van der Waals surface area (Å²) in [6.07, 6.45) is -0.677. The number of phenolic OH excluding ortho intramolecular Hbond substituents is 1. The fraction of sp³-hybridized carbons (Fsp3) is 0.294. The molecule has 2 aromatic rings. The summed E-state index contributed by atoms with van der Waals surface area (Å²) in [5.74, 6) is 0.295. The van der Waals surface area contributed by atoms with Gasteiger partial charge in [0.1, 0.15) is 11.9 Å². The normalized spacial score (nSPS) is 12.2. The van der Waals surface area contributed by atoms with Crippen LogP contribution in [0.15, 0.2) is 36.4 Å². The standard InChI is InChI=1S/C17H21NO2/c1-11-9-14(10-12(2)16(11)19)17(20)13-5-7-15(8-6-13)18(3)4/h5-10,17,19-20H,1-4H3. The Morgan fingerprint density at radius 2 is 1.40 bits per heavy atom. The predicted octanol–water partition coefficient (Wildman–Crippen LogP) is 3.16. The molecular weight excluding hydrogens is 250 g/mol. The molecule has 0 heterocycles. The van der Waals surface area contributed by atoms with Crippen molar-refractivity contribution in [2.45, 2.75) is 20.0 Å². The van der Waals surface area contributed by atoms with Crippen molar-refractivity contribution in [2.24, 2.45) is 0 Å². The summed E-state index contributed by atoms with van der Waals surface area (Å²) in [7, 11) is 3.97. The lowest BCUT2D eigenvalue weighted by atomic mass is 9.97. The van der Waals surface area contributed by atoms with Crippen LogP contribution in [-0.2, 0) is 0 Å². The van der Waals surface area contributed by atoms with Crippen molar-refractivity contribution in [1.29, 1.82) is 0 Å². The molecule has 0 aliphatic carbocycles. The summed E-state index contributed by atoms with van der Waals surface area (Å²) < 4.78 is 0. The Morgan fingerprint density at radius 3 is 1.85 bits per heavy atom. The van der Waals surface area contributed by atoms with Gasteiger partial charge in [0.2, 0.25) is 0 Å². The Bertz CT molecular complexity index is 580. The molecule has 0 fully saturated rings. The van der Waals surface area contributed by atoms with Crippen LogP contribution in [0.4, 0.5) is 5.69 Å². The number of aliphatic hydroxyl groups is 1. The number of aliphatic hydroxyl groups excluding tert-OH is 1. The molecule has 0 bridgehead atoms. The number of rotatable bonds is 3. The van der Waals surface area contributed by atoms with Crippen molar-refractivity contribution in [2.75, 3.05) is 19.0 Å². The molecule has 0 aliphatic heterocycles. The van der Waals surface area contributed by atoms with E-state index in [0.717, 1.165) is 27.9 Å². The molecule has 3 nitrogen and oxygen atoms in total. The first kappa shape index (κ1) is 14.4. The number of aryl methyl sites for hydroxylation is 2. The van der Waals surface area contributed by atoms with Gasteiger partial charge in [0.05, 0.1) is 0 Å². The minimum atomic E-state index is -0.677. The Hall–Kier alpha value is -2.00. The maximum atomic E-state index is 10.5. The highest BCUT2D eigenvalue weighted by molar-refractivity contribution is 5.49. The molecule has 1 atom stereocenters. The highest BCUT2D eigenvalue weighted by atomic mass is 16.3. The lowest BCUT2D eigenvalue weighted by Crippen LogP contribution is -2.08. The van der Waals surface area contributed by atoms with Gasteiger partial charge in [-0.15, -0.1) is 0 Å². The number of phenols is 1. The van der Waals surface area contributed by atoms with Crippen molar-refractivity contribution in [3.8, 4) is 5.75 Å². The van der Waals surface area contributed by atoms with E-state index in [2.05, 4.69) is 0 Å². The molecule has 0 spiro atoms. The van der Waals surface area contributed by atoms with E-state index in [0.29, 0.717) is 5.75 Å². The molecule has 0 saturated heterocycles. The van der Waals surface area contributed by atoms with E-state index in [1.807, 2.05) is 69.2 Å². The lowest BCUT2D eigenvalue weighted by Gasteiger charge is -2.17. The van der Waals surface area contributed by atoms with Crippen LogP contribution in [0.1, 0.15) is 28.4 Å². The van der Waals surface area contributed by atoms with Crippen LogP contribution >= 0.6 is 0 Å². The van der Waals surface area contributed by atoms with Gasteiger partial charge in [-0.2, -0.15) is 0 Å². The van der Waals surface area contributed by atoms with Crippen molar-refractivity contribution >= 4 is 5.69 Å². The minimum absolute atomic E-state index is 0.295. The van der Waals surface area contributed by atoms with E-state index < -0.39 is 6.10 Å². The monoisotopic (exact) mass is 271 g/mol. The SMILES string of the molecule is Cc1cc(C(O)c2ccc(N(C)C)cc2)cc(C)c1O. The van der Waals surface area contributed by atoms with Crippen LogP contribution in [0, 0.1) is 13.8 Å². The number of aromatic hydroxyl groups is 1. The Labute approximate surface area is 120 Å². The highest BCUT2D eigenvalue weighted by Gasteiger charge is 2.13. The third-order valence-corrected chi connectivity index (χ3v) is 3.55. The van der Waals surface area contributed by atoms with Crippen molar-refractivity contribution in [3.05, 3.63) is 58.7 Å². The molecule has 0 radical (unpaired) electrons. The molecule has 1 unspecified atom stereocenters. The molecule has 2 N–H and O–H groups in total. The molecule has 2 aromatic carbocycles. The first-order valence-corrected chi connectivity index (χ1v) is 6.65. The van der Waals surface area contributed by atoms with Crippen LogP contribution < -0.4 is 4.90 Å². The minimum Gasteiger partial charge on any atom is -0.507 e. The Morgan fingerprint density at radius 1 is 0.900 bits per heavy atom. The summed E-state index contributed by atoms with van der Waals surface area (Å²) in [6, 6.07) is 11.5. The fourth-order valence-corrected chi connectivity index (χ4v) is 2.29. The second kappa shape index (κ2) is 5.55. The van der Waals surface area contributed by atoms with E-state index in [1.54, 1.807) is 0 Å². The zero-order valence-corrected chi connectivity index (χ0v) is 12.4. The summed E-state index contributed by atoms with van der Waals surface area (Å²) in [4.78, 5) is 2.02. The zero-order valence-electron chi connectivity index (χ0n) is 12.4. The largest absolute Gasteiger partial charge is 0.507 e. The second-order valence-electron chi connectivity index (χ2n) is 5.39. The third kappa shape index (κ3) is 2.78. The number of nitrogens with zero attached hydrogens (tertiary/aromatic N) is 1. The maximum absolute atomic E-state index is 10.5. The molecule has 106 valence electrons. The first-order valence-electron chi connectivity index (χ1n) is 6.65. The number of hydrogen-bond acceptors (Lipinski definition) is 3. The van der Waals surface area contributed by atoms with Gasteiger partial charge in [0, 0.05) is 19.8 Å². The van der Waals surface area contributed by atoms with Crippen molar-refractivity contribution < 1.29 is 10.2 Å². The van der Waals surface area contributed by atoms with Gasteiger partial charge in [-0.3, -0.25) is 0 Å². The number of anilines is 1. The Kier molecular flexibility index (Phi) is 4.00. The highest BCUT2D eigenvalue weighted by Crippen LogP contribution is 2.29. The summed E-state index contributed by atoms with van der Waals surface area (Å²) in [6.45, 7) is 3.68. The van der Waals surface area contributed by atoms with E-state index in [9.17, 15) is 10.2 Å². The van der Waals surface area contributed by atoms with Gasteiger partial charge in [-0.05, 0) is 60.4 Å². The predicted molar refractivity (Wildman–Crippen MR) is 82.4 cm³/mol. The molecule has 0 amide bonds. The van der Waals surface area contributed by atoms with Crippen LogP contribution in [0.25, 0.3) is 0 Å². The Balaban J connectivity index is 2.33. The molecule has 3 heteroatoms. The van der Waals surface area contributed by atoms with Gasteiger partial charge in [-0.25, -0.2) is 0 Å². The van der Waals surface area contributed by atoms with E-state index in [1.165, 1.54) is 0 Å². The molecule has 0 saturated carbocycles. The van der Waals surface area contributed by atoms with Crippen LogP contribution in [-0.4, -0.2) is 24.3 Å². The van der Waals surface area contributed by atoms with E-state index >= 15 is 0 Å². The topological polar surface area (TPSA) is 43.7 Å². The summed E-state index contributed by atoms with van der Waals surface area (Å²) in [5, 5.41) is 20.3. The maximum Gasteiger partial charge on any atom is 0.121 e. The quantitative estimate of drug-likeness (QED) is 0.901. The van der Waals surface area contributed by atoms with Gasteiger partial charge in [0.15, 0.2) is 0 Å². The molecule has 20 heavy (non-hydrogen) atoms. The van der Waals surface area contributed by atoms with Gasteiger partial charge in [0.25, 0.3) is 0 Å². The molecular formula is C17H21NO2. The first-order chi connectivity index (χ1) is 9.40. The average molecular weight is 271 g/mol. The molecule has 0 aromatic heterocycles. The summed E-state index contributed by atoms with van der Waals surface area (Å²) in [5.41, 5.74) is 4.31. The zero-order chi connectivity index (χ0) is 14.9. The van der Waals surface area contributed by atoms with Gasteiger partial charge < -0.3 is 15.1 Å². The van der Waals surface area contributed by atoms with Crippen LogP contribution in [0.3, 0.4) is 0 Å². The van der Waals surface area contributed by atoms with E-state index in [4.69, 9.17) is 0 Å². The van der Waals surface area contributed by atoms with Crippen molar-refractivity contribution in [3.63, 3.8) is 0 Å². The van der Waals surface area contributed by atoms with Gasteiger partial charge in [-0.1, -0.05) is 12.1 Å². The second-order valence-corrected chi connectivity index (χ2v) is 5.39.